The van der Waals surface area contributed by atoms with Gasteiger partial charge in [-0.15, -0.1) is 10.2 Å². The first-order chi connectivity index (χ1) is 14.3. The number of ether oxygens (including phenoxy) is 2. The van der Waals surface area contributed by atoms with Crippen LogP contribution < -0.4 is 9.47 Å². The second-order valence-electron chi connectivity index (χ2n) is 7.98. The van der Waals surface area contributed by atoms with Crippen LogP contribution in [0.1, 0.15) is 36.7 Å². The molecule has 156 valence electrons. The van der Waals surface area contributed by atoms with Gasteiger partial charge in [0.1, 0.15) is 17.3 Å². The van der Waals surface area contributed by atoms with Crippen molar-refractivity contribution >= 4 is 10.9 Å². The average molecular weight is 405 g/mol. The van der Waals surface area contributed by atoms with Crippen molar-refractivity contribution < 1.29 is 9.47 Å². The Morgan fingerprint density at radius 3 is 2.33 bits per heavy atom. The lowest BCUT2D eigenvalue weighted by atomic mass is 9.98. The van der Waals surface area contributed by atoms with Gasteiger partial charge in [0.05, 0.1) is 19.8 Å². The molecular formula is C24H28N4O2. The van der Waals surface area contributed by atoms with Crippen molar-refractivity contribution in [2.45, 2.75) is 33.6 Å². The minimum atomic E-state index is 0.297. The summed E-state index contributed by atoms with van der Waals surface area (Å²) in [5.41, 5.74) is 5.47. The minimum absolute atomic E-state index is 0.297. The number of aryl methyl sites for hydroxylation is 3. The zero-order valence-electron chi connectivity index (χ0n) is 18.6. The predicted octanol–water partition coefficient (Wildman–Crippen LogP) is 5.18. The van der Waals surface area contributed by atoms with Crippen molar-refractivity contribution in [3.05, 3.63) is 53.5 Å². The second kappa shape index (κ2) is 7.52. The zero-order chi connectivity index (χ0) is 21.6. The summed E-state index contributed by atoms with van der Waals surface area (Å²) in [4.78, 5) is 0. The predicted molar refractivity (Wildman–Crippen MR) is 120 cm³/mol. The van der Waals surface area contributed by atoms with Crippen molar-refractivity contribution in [2.75, 3.05) is 14.2 Å². The molecule has 30 heavy (non-hydrogen) atoms. The van der Waals surface area contributed by atoms with Gasteiger partial charge in [0.2, 0.25) is 0 Å². The number of aromatic nitrogens is 4. The Kier molecular flexibility index (Phi) is 5.02. The molecule has 0 aliphatic carbocycles. The Morgan fingerprint density at radius 2 is 1.67 bits per heavy atom. The minimum Gasteiger partial charge on any atom is -0.496 e. The molecule has 0 amide bonds. The molecule has 2 aromatic carbocycles. The summed E-state index contributed by atoms with van der Waals surface area (Å²) in [5, 5.41) is 10.1. The number of rotatable bonds is 5. The molecule has 4 rings (SSSR count). The fraction of sp³-hybridized carbons (Fsp3) is 0.333. The lowest BCUT2D eigenvalue weighted by molar-refractivity contribution is 0.390. The highest BCUT2D eigenvalue weighted by Crippen LogP contribution is 2.39. The van der Waals surface area contributed by atoms with E-state index in [-0.39, 0.29) is 0 Å². The molecule has 0 aliphatic heterocycles. The third kappa shape index (κ3) is 3.12. The Morgan fingerprint density at radius 1 is 0.933 bits per heavy atom. The van der Waals surface area contributed by atoms with Crippen molar-refractivity contribution in [2.24, 2.45) is 7.05 Å². The topological polar surface area (TPSA) is 54.1 Å². The maximum Gasteiger partial charge on any atom is 0.172 e. The standard InChI is InChI=1S/C24H28N4O2/c1-14(2)18-11-20(23(30-7)12-22(18)29-6)24-26-25-16(4)28(24)17-8-9-21-19(10-17)15(3)13-27(21)5/h8-14H,1-7H3. The molecular weight excluding hydrogens is 376 g/mol. The van der Waals surface area contributed by atoms with Crippen LogP contribution in [0.3, 0.4) is 0 Å². The molecule has 4 aromatic rings. The highest BCUT2D eigenvalue weighted by atomic mass is 16.5. The number of hydrogen-bond acceptors (Lipinski definition) is 4. The van der Waals surface area contributed by atoms with Gasteiger partial charge in [0.15, 0.2) is 5.82 Å². The van der Waals surface area contributed by atoms with Gasteiger partial charge in [-0.3, -0.25) is 4.57 Å². The summed E-state index contributed by atoms with van der Waals surface area (Å²) in [6, 6.07) is 10.5. The summed E-state index contributed by atoms with van der Waals surface area (Å²) in [5.74, 6) is 3.39. The van der Waals surface area contributed by atoms with Gasteiger partial charge < -0.3 is 14.0 Å². The lowest BCUT2D eigenvalue weighted by Crippen LogP contribution is -2.03. The highest BCUT2D eigenvalue weighted by Gasteiger charge is 2.21. The van der Waals surface area contributed by atoms with Crippen molar-refractivity contribution in [3.8, 4) is 28.6 Å². The summed E-state index contributed by atoms with van der Waals surface area (Å²) >= 11 is 0. The molecule has 0 saturated carbocycles. The number of hydrogen-bond donors (Lipinski definition) is 0. The number of methoxy groups -OCH3 is 2. The van der Waals surface area contributed by atoms with Gasteiger partial charge in [-0.05, 0) is 55.2 Å². The van der Waals surface area contributed by atoms with Gasteiger partial charge in [-0.1, -0.05) is 13.8 Å². The molecule has 0 radical (unpaired) electrons. The summed E-state index contributed by atoms with van der Waals surface area (Å²) in [7, 11) is 5.42. The Labute approximate surface area is 177 Å². The van der Waals surface area contributed by atoms with Crippen molar-refractivity contribution in [1.29, 1.82) is 0 Å². The highest BCUT2D eigenvalue weighted by molar-refractivity contribution is 5.86. The SMILES string of the molecule is COc1cc(OC)c(C(C)C)cc1-c1nnc(C)n1-c1ccc2c(c1)c(C)cn2C. The molecule has 0 unspecified atom stereocenters. The Balaban J connectivity index is 1.96. The van der Waals surface area contributed by atoms with E-state index in [1.807, 2.05) is 13.0 Å². The molecule has 2 aromatic heterocycles. The van der Waals surface area contributed by atoms with Crippen molar-refractivity contribution in [1.82, 2.24) is 19.3 Å². The quantitative estimate of drug-likeness (QED) is 0.460. The Bertz CT molecular complexity index is 1230. The smallest absolute Gasteiger partial charge is 0.172 e. The lowest BCUT2D eigenvalue weighted by Gasteiger charge is -2.17. The van der Waals surface area contributed by atoms with Gasteiger partial charge in [-0.2, -0.15) is 0 Å². The summed E-state index contributed by atoms with van der Waals surface area (Å²) in [6.07, 6.45) is 2.15. The van der Waals surface area contributed by atoms with Crippen LogP contribution in [-0.2, 0) is 7.05 Å². The van der Waals surface area contributed by atoms with E-state index in [2.05, 4.69) is 77.6 Å². The van der Waals surface area contributed by atoms with Crippen LogP contribution in [-0.4, -0.2) is 33.6 Å². The van der Waals surface area contributed by atoms with E-state index in [1.165, 1.54) is 16.5 Å². The molecule has 6 nitrogen and oxygen atoms in total. The van der Waals surface area contributed by atoms with E-state index >= 15 is 0 Å². The first-order valence-corrected chi connectivity index (χ1v) is 10.1. The van der Waals surface area contributed by atoms with E-state index in [9.17, 15) is 0 Å². The summed E-state index contributed by atoms with van der Waals surface area (Å²) < 4.78 is 15.5. The average Bonchev–Trinajstić information content (AvgIpc) is 3.25. The van der Waals surface area contributed by atoms with Crippen LogP contribution in [0.5, 0.6) is 11.5 Å². The molecule has 0 bridgehead atoms. The van der Waals surface area contributed by atoms with Crippen LogP contribution in [0.15, 0.2) is 36.5 Å². The van der Waals surface area contributed by atoms with E-state index in [4.69, 9.17) is 9.47 Å². The number of nitrogens with zero attached hydrogens (tertiary/aromatic N) is 4. The molecule has 0 aliphatic rings. The monoisotopic (exact) mass is 404 g/mol. The van der Waals surface area contributed by atoms with E-state index < -0.39 is 0 Å². The third-order valence-corrected chi connectivity index (χ3v) is 5.67. The van der Waals surface area contributed by atoms with Gasteiger partial charge in [-0.25, -0.2) is 0 Å². The molecule has 0 saturated heterocycles. The van der Waals surface area contributed by atoms with Crippen LogP contribution in [0, 0.1) is 13.8 Å². The third-order valence-electron chi connectivity index (χ3n) is 5.67. The van der Waals surface area contributed by atoms with Crippen LogP contribution in [0.25, 0.3) is 28.0 Å². The van der Waals surface area contributed by atoms with Gasteiger partial charge in [0, 0.05) is 35.9 Å². The fourth-order valence-corrected chi connectivity index (χ4v) is 4.11. The molecule has 6 heteroatoms. The maximum atomic E-state index is 5.71. The largest absolute Gasteiger partial charge is 0.496 e. The van der Waals surface area contributed by atoms with Crippen LogP contribution >= 0.6 is 0 Å². The van der Waals surface area contributed by atoms with E-state index in [1.54, 1.807) is 14.2 Å². The van der Waals surface area contributed by atoms with Crippen LogP contribution in [0.4, 0.5) is 0 Å². The van der Waals surface area contributed by atoms with E-state index in [0.717, 1.165) is 34.2 Å². The molecule has 0 spiro atoms. The van der Waals surface area contributed by atoms with Gasteiger partial charge in [0.25, 0.3) is 0 Å². The van der Waals surface area contributed by atoms with Crippen molar-refractivity contribution in [3.63, 3.8) is 0 Å². The molecule has 2 heterocycles. The van der Waals surface area contributed by atoms with E-state index in [0.29, 0.717) is 11.7 Å². The maximum absolute atomic E-state index is 5.71. The zero-order valence-corrected chi connectivity index (χ0v) is 18.6. The Hall–Kier alpha value is -3.28. The molecule has 0 atom stereocenters. The van der Waals surface area contributed by atoms with Crippen LogP contribution in [0.2, 0.25) is 0 Å². The second-order valence-corrected chi connectivity index (χ2v) is 7.98. The number of benzene rings is 2. The number of fused-ring (bicyclic) bond motifs is 1. The summed E-state index contributed by atoms with van der Waals surface area (Å²) in [6.45, 7) is 8.40. The normalized spacial score (nSPS) is 11.5. The van der Waals surface area contributed by atoms with Gasteiger partial charge >= 0.3 is 0 Å². The molecule has 0 fully saturated rings. The first-order valence-electron chi connectivity index (χ1n) is 10.1. The first kappa shape index (κ1) is 20.0. The fourth-order valence-electron chi connectivity index (χ4n) is 4.11. The molecule has 0 N–H and O–H groups in total.